The molecule has 1 aliphatic carbocycles. The van der Waals surface area contributed by atoms with E-state index in [1.54, 1.807) is 12.1 Å². The first-order valence-corrected chi connectivity index (χ1v) is 13.9. The highest BCUT2D eigenvalue weighted by atomic mass is 19.4. The molecule has 1 spiro atoms. The van der Waals surface area contributed by atoms with Gasteiger partial charge < -0.3 is 10.2 Å². The van der Waals surface area contributed by atoms with Crippen LogP contribution in [0, 0.1) is 22.7 Å². The fourth-order valence-electron chi connectivity index (χ4n) is 6.28. The Morgan fingerprint density at radius 2 is 1.68 bits per heavy atom. The average Bonchev–Trinajstić information content (AvgIpc) is 2.93. The van der Waals surface area contributed by atoms with Gasteiger partial charge in [0.05, 0.1) is 28.8 Å². The molecule has 0 saturated heterocycles. The van der Waals surface area contributed by atoms with Crippen molar-refractivity contribution in [3.63, 3.8) is 0 Å². The molecule has 1 fully saturated rings. The number of carbonyl (C=O) groups is 2. The van der Waals surface area contributed by atoms with Crippen LogP contribution in [0.4, 0.5) is 13.2 Å². The van der Waals surface area contributed by atoms with E-state index in [1.807, 2.05) is 36.9 Å². The summed E-state index contributed by atoms with van der Waals surface area (Å²) in [6.45, 7) is 10.5. The Hall–Kier alpha value is -3.82. The molecule has 1 N–H and O–H groups in total. The number of nitrogens with zero attached hydrogens (tertiary/aromatic N) is 2. The van der Waals surface area contributed by atoms with Crippen molar-refractivity contribution in [3.05, 3.63) is 82.1 Å². The summed E-state index contributed by atoms with van der Waals surface area (Å²) in [5.74, 6) is -0.129. The molecule has 0 bridgehead atoms. The van der Waals surface area contributed by atoms with E-state index >= 15 is 0 Å². The summed E-state index contributed by atoms with van der Waals surface area (Å²) in [5.41, 5.74) is 4.88. The molecular weight excluding hydrogens is 527 g/mol. The largest absolute Gasteiger partial charge is 0.416 e. The summed E-state index contributed by atoms with van der Waals surface area (Å²) >= 11 is 0. The first-order valence-electron chi connectivity index (χ1n) is 13.9. The Balaban J connectivity index is 1.75. The smallest absolute Gasteiger partial charge is 0.339 e. The van der Waals surface area contributed by atoms with Crippen LogP contribution in [0.25, 0.3) is 5.57 Å². The number of hydrogen-bond donors (Lipinski definition) is 1. The van der Waals surface area contributed by atoms with Crippen molar-refractivity contribution in [2.45, 2.75) is 78.1 Å². The summed E-state index contributed by atoms with van der Waals surface area (Å²) in [6.07, 6.45) is -1.07. The molecule has 2 amide bonds. The van der Waals surface area contributed by atoms with Crippen molar-refractivity contribution < 1.29 is 22.8 Å². The Morgan fingerprint density at radius 1 is 1.10 bits per heavy atom. The predicted molar refractivity (Wildman–Crippen MR) is 151 cm³/mol. The SMILES string of the molecule is CC1=C=C(c2ccc(C(F)(F)F)cc2)C(=O)N(C(C)c2ccc(C(=O)NCC#N)cc2)C12CCC(C(C)(C)C)CC2. The molecule has 8 heteroatoms. The Kier molecular flexibility index (Phi) is 8.25. The second-order valence-corrected chi connectivity index (χ2v) is 12.2. The first-order chi connectivity index (χ1) is 19.2. The molecule has 0 aromatic heterocycles. The van der Waals surface area contributed by atoms with Gasteiger partial charge >= 0.3 is 6.18 Å². The van der Waals surface area contributed by atoms with E-state index in [4.69, 9.17) is 5.26 Å². The van der Waals surface area contributed by atoms with Gasteiger partial charge in [0.2, 0.25) is 0 Å². The second-order valence-electron chi connectivity index (χ2n) is 12.2. The third-order valence-electron chi connectivity index (χ3n) is 8.81. The van der Waals surface area contributed by atoms with Crippen LogP contribution < -0.4 is 5.32 Å². The Morgan fingerprint density at radius 3 is 2.20 bits per heavy atom. The Labute approximate surface area is 239 Å². The molecule has 2 aliphatic rings. The number of amides is 2. The number of alkyl halides is 3. The zero-order valence-corrected chi connectivity index (χ0v) is 24.2. The van der Waals surface area contributed by atoms with Crippen LogP contribution in [0.5, 0.6) is 0 Å². The molecule has 216 valence electrons. The monoisotopic (exact) mass is 563 g/mol. The van der Waals surface area contributed by atoms with Crippen LogP contribution >= 0.6 is 0 Å². The van der Waals surface area contributed by atoms with Crippen LogP contribution in [0.3, 0.4) is 0 Å². The van der Waals surface area contributed by atoms with Crippen molar-refractivity contribution >= 4 is 17.4 Å². The van der Waals surface area contributed by atoms with E-state index in [9.17, 15) is 22.8 Å². The van der Waals surface area contributed by atoms with Gasteiger partial charge in [0.1, 0.15) is 6.54 Å². The third-order valence-corrected chi connectivity index (χ3v) is 8.81. The highest BCUT2D eigenvalue weighted by Crippen LogP contribution is 2.51. The van der Waals surface area contributed by atoms with Crippen molar-refractivity contribution in [2.24, 2.45) is 11.3 Å². The standard InChI is InChI=1S/C33H36F3N3O2/c1-21-20-28(24-10-12-27(13-11-24)33(34,35)36)30(41)39(32(21)16-14-26(15-17-32)31(3,4)5)22(2)23-6-8-25(9-7-23)29(40)38-19-18-37/h6-13,22,26H,14-17,19H2,1-5H3,(H,38,40). The zero-order chi connectivity index (χ0) is 30.2. The van der Waals surface area contributed by atoms with Gasteiger partial charge in [0, 0.05) is 5.56 Å². The minimum Gasteiger partial charge on any atom is -0.339 e. The lowest BCUT2D eigenvalue weighted by Crippen LogP contribution is -2.57. The highest BCUT2D eigenvalue weighted by Gasteiger charge is 2.50. The molecule has 5 nitrogen and oxygen atoms in total. The van der Waals surface area contributed by atoms with Crippen LogP contribution in [0.15, 0.2) is 59.8 Å². The lowest BCUT2D eigenvalue weighted by Gasteiger charge is -2.53. The van der Waals surface area contributed by atoms with E-state index in [-0.39, 0.29) is 35.4 Å². The summed E-state index contributed by atoms with van der Waals surface area (Å²) in [5, 5.41) is 11.3. The molecule has 4 rings (SSSR count). The molecule has 1 unspecified atom stereocenters. The van der Waals surface area contributed by atoms with Gasteiger partial charge in [0.15, 0.2) is 0 Å². The lowest BCUT2D eigenvalue weighted by molar-refractivity contribution is -0.137. The number of nitriles is 1. The maximum absolute atomic E-state index is 14.3. The number of benzene rings is 2. The van der Waals surface area contributed by atoms with Gasteiger partial charge in [-0.2, -0.15) is 18.4 Å². The highest BCUT2D eigenvalue weighted by molar-refractivity contribution is 6.20. The molecule has 2 aromatic carbocycles. The van der Waals surface area contributed by atoms with E-state index in [1.165, 1.54) is 12.1 Å². The van der Waals surface area contributed by atoms with E-state index < -0.39 is 17.3 Å². The van der Waals surface area contributed by atoms with Crippen molar-refractivity contribution in [3.8, 4) is 6.07 Å². The normalized spacial score (nSPS) is 22.1. The third kappa shape index (κ3) is 5.96. The van der Waals surface area contributed by atoms with E-state index in [0.717, 1.165) is 49.0 Å². The van der Waals surface area contributed by atoms with Crippen LogP contribution in [0.1, 0.15) is 93.4 Å². The lowest BCUT2D eigenvalue weighted by atomic mass is 9.64. The molecular formula is C33H36F3N3O2. The number of hydrogen-bond acceptors (Lipinski definition) is 3. The van der Waals surface area contributed by atoms with Crippen molar-refractivity contribution in [1.29, 1.82) is 5.26 Å². The van der Waals surface area contributed by atoms with E-state index in [0.29, 0.717) is 17.0 Å². The maximum Gasteiger partial charge on any atom is 0.416 e. The average molecular weight is 564 g/mol. The summed E-state index contributed by atoms with van der Waals surface area (Å²) in [6, 6.07) is 13.1. The molecule has 2 aromatic rings. The zero-order valence-electron chi connectivity index (χ0n) is 24.2. The first kappa shape index (κ1) is 30.1. The number of nitrogens with one attached hydrogen (secondary N) is 1. The van der Waals surface area contributed by atoms with Gasteiger partial charge in [-0.05, 0) is 91.8 Å². The molecule has 0 radical (unpaired) electrons. The summed E-state index contributed by atoms with van der Waals surface area (Å²) < 4.78 is 39.6. The van der Waals surface area contributed by atoms with Crippen LogP contribution in [0.2, 0.25) is 0 Å². The molecule has 41 heavy (non-hydrogen) atoms. The fraction of sp³-hybridized carbons (Fsp3) is 0.455. The number of rotatable bonds is 5. The maximum atomic E-state index is 14.3. The summed E-state index contributed by atoms with van der Waals surface area (Å²) in [7, 11) is 0. The van der Waals surface area contributed by atoms with Gasteiger partial charge in [-0.15, -0.1) is 5.73 Å². The van der Waals surface area contributed by atoms with Gasteiger partial charge in [0.25, 0.3) is 11.8 Å². The quantitative estimate of drug-likeness (QED) is 0.303. The molecule has 1 atom stereocenters. The van der Waals surface area contributed by atoms with Crippen molar-refractivity contribution in [2.75, 3.05) is 6.54 Å². The minimum absolute atomic E-state index is 0.0952. The van der Waals surface area contributed by atoms with Gasteiger partial charge in [-0.25, -0.2) is 0 Å². The van der Waals surface area contributed by atoms with Crippen molar-refractivity contribution in [1.82, 2.24) is 10.2 Å². The second kappa shape index (κ2) is 11.2. The number of halogens is 3. The predicted octanol–water partition coefficient (Wildman–Crippen LogP) is 7.47. The molecule has 1 heterocycles. The fourth-order valence-corrected chi connectivity index (χ4v) is 6.28. The molecule has 1 saturated carbocycles. The van der Waals surface area contributed by atoms with E-state index in [2.05, 4.69) is 31.8 Å². The Bertz CT molecular complexity index is 1410. The summed E-state index contributed by atoms with van der Waals surface area (Å²) in [4.78, 5) is 28.5. The molecule has 1 aliphatic heterocycles. The van der Waals surface area contributed by atoms with Crippen LogP contribution in [-0.4, -0.2) is 28.8 Å². The topological polar surface area (TPSA) is 73.2 Å². The number of carbonyl (C=O) groups excluding carboxylic acids is 2. The van der Waals surface area contributed by atoms with Gasteiger partial charge in [-0.3, -0.25) is 9.59 Å². The van der Waals surface area contributed by atoms with Crippen LogP contribution in [-0.2, 0) is 11.0 Å². The minimum atomic E-state index is -4.47. The van der Waals surface area contributed by atoms with Gasteiger partial charge in [-0.1, -0.05) is 45.0 Å².